The number of rotatable bonds is 8. The van der Waals surface area contributed by atoms with Crippen molar-refractivity contribution >= 4 is 5.91 Å². The molecule has 0 aliphatic heterocycles. The van der Waals surface area contributed by atoms with Crippen LogP contribution in [0.25, 0.3) is 0 Å². The summed E-state index contributed by atoms with van der Waals surface area (Å²) in [7, 11) is 8.46. The Labute approximate surface area is 158 Å². The van der Waals surface area contributed by atoms with Gasteiger partial charge in [-0.05, 0) is 50.0 Å². The van der Waals surface area contributed by atoms with Crippen LogP contribution in [0.5, 0.6) is 17.2 Å². The van der Waals surface area contributed by atoms with E-state index in [-0.39, 0.29) is 17.5 Å². The highest BCUT2D eigenvalue weighted by Crippen LogP contribution is 2.40. The van der Waals surface area contributed by atoms with E-state index in [0.29, 0.717) is 23.8 Å². The van der Waals surface area contributed by atoms with Crippen molar-refractivity contribution in [1.29, 1.82) is 0 Å². The molecule has 0 aliphatic carbocycles. The second-order valence-corrected chi connectivity index (χ2v) is 6.16. The van der Waals surface area contributed by atoms with Crippen molar-refractivity contribution < 1.29 is 23.4 Å². The number of methoxy groups -OCH3 is 3. The zero-order valence-corrected chi connectivity index (χ0v) is 16.2. The summed E-state index contributed by atoms with van der Waals surface area (Å²) in [5.74, 6) is 0.792. The summed E-state index contributed by atoms with van der Waals surface area (Å²) in [5.41, 5.74) is 1.16. The fraction of sp³-hybridized carbons (Fsp3) is 0.350. The first-order valence-electron chi connectivity index (χ1n) is 8.41. The number of halogens is 1. The summed E-state index contributed by atoms with van der Waals surface area (Å²) in [6, 6.07) is 9.13. The number of carbonyl (C=O) groups excluding carboxylic acids is 1. The average Bonchev–Trinajstić information content (AvgIpc) is 2.66. The van der Waals surface area contributed by atoms with E-state index in [1.165, 1.54) is 18.2 Å². The van der Waals surface area contributed by atoms with Gasteiger partial charge in [-0.2, -0.15) is 0 Å². The lowest BCUT2D eigenvalue weighted by Gasteiger charge is -2.26. The van der Waals surface area contributed by atoms with Crippen molar-refractivity contribution in [3.63, 3.8) is 0 Å². The molecule has 0 heterocycles. The maximum absolute atomic E-state index is 13.3. The molecule has 6 nitrogen and oxygen atoms in total. The second-order valence-electron chi connectivity index (χ2n) is 6.16. The predicted molar refractivity (Wildman–Crippen MR) is 101 cm³/mol. The smallest absolute Gasteiger partial charge is 0.251 e. The zero-order chi connectivity index (χ0) is 20.0. The number of likely N-dealkylation sites (N-methyl/N-ethyl adjacent to an activating group) is 1. The number of nitrogens with zero attached hydrogens (tertiary/aromatic N) is 1. The van der Waals surface area contributed by atoms with Crippen LogP contribution in [0.3, 0.4) is 0 Å². The van der Waals surface area contributed by atoms with Crippen LogP contribution in [0, 0.1) is 5.82 Å². The monoisotopic (exact) mass is 376 g/mol. The van der Waals surface area contributed by atoms with Crippen LogP contribution < -0.4 is 19.5 Å². The minimum Gasteiger partial charge on any atom is -0.493 e. The van der Waals surface area contributed by atoms with E-state index >= 15 is 0 Å². The normalized spacial score (nSPS) is 11.8. The first kappa shape index (κ1) is 20.5. The van der Waals surface area contributed by atoms with Gasteiger partial charge in [-0.15, -0.1) is 0 Å². The summed E-state index contributed by atoms with van der Waals surface area (Å²) in [6.45, 7) is 0.320. The number of ether oxygens (including phenoxy) is 3. The van der Waals surface area contributed by atoms with Crippen molar-refractivity contribution in [2.75, 3.05) is 42.0 Å². The van der Waals surface area contributed by atoms with Gasteiger partial charge < -0.3 is 24.4 Å². The van der Waals surface area contributed by atoms with Crippen molar-refractivity contribution in [2.24, 2.45) is 0 Å². The van der Waals surface area contributed by atoms with Gasteiger partial charge in [-0.1, -0.05) is 6.07 Å². The zero-order valence-electron chi connectivity index (χ0n) is 16.2. The first-order chi connectivity index (χ1) is 12.9. The second kappa shape index (κ2) is 9.23. The molecule has 7 heteroatoms. The molecular weight excluding hydrogens is 351 g/mol. The van der Waals surface area contributed by atoms with E-state index in [1.54, 1.807) is 27.4 Å². The standard InChI is InChI=1S/C20H25FN2O4/c1-23(2)16(12-22-20(24)13-7-6-8-15(21)9-13)14-10-17(25-3)19(27-5)18(11-14)26-4/h6-11,16H,12H2,1-5H3,(H,22,24). The highest BCUT2D eigenvalue weighted by Gasteiger charge is 2.21. The number of hydrogen-bond acceptors (Lipinski definition) is 5. The Morgan fingerprint density at radius 3 is 2.19 bits per heavy atom. The molecule has 1 amide bonds. The van der Waals surface area contributed by atoms with Crippen LogP contribution in [0.15, 0.2) is 36.4 Å². The van der Waals surface area contributed by atoms with Crippen molar-refractivity contribution in [3.8, 4) is 17.2 Å². The molecule has 2 rings (SSSR count). The van der Waals surface area contributed by atoms with E-state index in [1.807, 2.05) is 31.1 Å². The number of amides is 1. The Kier molecular flexibility index (Phi) is 7.01. The lowest BCUT2D eigenvalue weighted by Crippen LogP contribution is -2.34. The van der Waals surface area contributed by atoms with Gasteiger partial charge in [0.2, 0.25) is 5.75 Å². The maximum Gasteiger partial charge on any atom is 0.251 e. The number of nitrogens with one attached hydrogen (secondary N) is 1. The average molecular weight is 376 g/mol. The Bertz CT molecular complexity index is 770. The fourth-order valence-corrected chi connectivity index (χ4v) is 2.81. The van der Waals surface area contributed by atoms with E-state index < -0.39 is 5.82 Å². The van der Waals surface area contributed by atoms with Crippen molar-refractivity contribution in [1.82, 2.24) is 10.2 Å². The molecule has 0 fully saturated rings. The van der Waals surface area contributed by atoms with E-state index in [0.717, 1.165) is 5.56 Å². The SMILES string of the molecule is COc1cc(C(CNC(=O)c2cccc(F)c2)N(C)C)cc(OC)c1OC. The minimum absolute atomic E-state index is 0.156. The third-order valence-corrected chi connectivity index (χ3v) is 4.24. The van der Waals surface area contributed by atoms with Crippen molar-refractivity contribution in [2.45, 2.75) is 6.04 Å². The van der Waals surface area contributed by atoms with Gasteiger partial charge in [-0.3, -0.25) is 4.79 Å². The molecular formula is C20H25FN2O4. The molecule has 0 saturated carbocycles. The van der Waals surface area contributed by atoms with Gasteiger partial charge in [0.1, 0.15) is 5.82 Å². The van der Waals surface area contributed by atoms with Gasteiger partial charge in [0.15, 0.2) is 11.5 Å². The first-order valence-corrected chi connectivity index (χ1v) is 8.41. The third kappa shape index (κ3) is 4.89. The predicted octanol–water partition coefficient (Wildman–Crippen LogP) is 2.88. The lowest BCUT2D eigenvalue weighted by molar-refractivity contribution is 0.0941. The molecule has 146 valence electrons. The summed E-state index contributed by atoms with van der Waals surface area (Å²) in [6.07, 6.45) is 0. The Hall–Kier alpha value is -2.80. The molecule has 1 atom stereocenters. The fourth-order valence-electron chi connectivity index (χ4n) is 2.81. The van der Waals surface area contributed by atoms with E-state index in [4.69, 9.17) is 14.2 Å². The Morgan fingerprint density at radius 1 is 1.07 bits per heavy atom. The topological polar surface area (TPSA) is 60.0 Å². The van der Waals surface area contributed by atoms with Crippen molar-refractivity contribution in [3.05, 3.63) is 53.3 Å². The molecule has 0 radical (unpaired) electrons. The van der Waals surface area contributed by atoms with Gasteiger partial charge >= 0.3 is 0 Å². The summed E-state index contributed by atoms with van der Waals surface area (Å²) >= 11 is 0. The molecule has 2 aromatic rings. The lowest BCUT2D eigenvalue weighted by atomic mass is 10.0. The summed E-state index contributed by atoms with van der Waals surface area (Å²) in [4.78, 5) is 14.3. The van der Waals surface area contributed by atoms with Gasteiger partial charge in [0.25, 0.3) is 5.91 Å². The largest absolute Gasteiger partial charge is 0.493 e. The minimum atomic E-state index is -0.448. The Morgan fingerprint density at radius 2 is 1.70 bits per heavy atom. The summed E-state index contributed by atoms with van der Waals surface area (Å²) < 4.78 is 29.5. The molecule has 1 N–H and O–H groups in total. The molecule has 0 aliphatic rings. The number of hydrogen-bond donors (Lipinski definition) is 1. The van der Waals surface area contributed by atoms with E-state index in [2.05, 4.69) is 5.32 Å². The van der Waals surface area contributed by atoms with Crippen LogP contribution in [-0.2, 0) is 0 Å². The third-order valence-electron chi connectivity index (χ3n) is 4.24. The molecule has 1 unspecified atom stereocenters. The van der Waals surface area contributed by atoms with Gasteiger partial charge in [0, 0.05) is 12.1 Å². The van der Waals surface area contributed by atoms with Crippen LogP contribution in [-0.4, -0.2) is 52.8 Å². The highest BCUT2D eigenvalue weighted by molar-refractivity contribution is 5.94. The van der Waals surface area contributed by atoms with Crippen LogP contribution in [0.4, 0.5) is 4.39 Å². The summed E-state index contributed by atoms with van der Waals surface area (Å²) in [5, 5.41) is 2.85. The van der Waals surface area contributed by atoms with Crippen LogP contribution in [0.2, 0.25) is 0 Å². The molecule has 0 saturated heterocycles. The molecule has 2 aromatic carbocycles. The quantitative estimate of drug-likeness (QED) is 0.768. The number of carbonyl (C=O) groups is 1. The molecule has 0 bridgehead atoms. The van der Waals surface area contributed by atoms with Crippen LogP contribution >= 0.6 is 0 Å². The van der Waals surface area contributed by atoms with Gasteiger partial charge in [0.05, 0.1) is 27.4 Å². The molecule has 0 spiro atoms. The highest BCUT2D eigenvalue weighted by atomic mass is 19.1. The molecule has 27 heavy (non-hydrogen) atoms. The van der Waals surface area contributed by atoms with Crippen LogP contribution in [0.1, 0.15) is 22.0 Å². The molecule has 0 aromatic heterocycles. The van der Waals surface area contributed by atoms with E-state index in [9.17, 15) is 9.18 Å². The van der Waals surface area contributed by atoms with Gasteiger partial charge in [-0.25, -0.2) is 4.39 Å². The number of benzene rings is 2. The Balaban J connectivity index is 2.26. The maximum atomic E-state index is 13.3.